The van der Waals surface area contributed by atoms with E-state index >= 15 is 0 Å². The first-order valence-electron chi connectivity index (χ1n) is 11.2. The second-order valence-electron chi connectivity index (χ2n) is 7.78. The summed E-state index contributed by atoms with van der Waals surface area (Å²) in [4.78, 5) is 46.2. The number of carbonyl (C=O) groups is 3. The minimum Gasteiger partial charge on any atom is -0.329 e. The molecule has 9 heteroatoms. The summed E-state index contributed by atoms with van der Waals surface area (Å²) >= 11 is 0. The topological polar surface area (TPSA) is 103 Å². The van der Waals surface area contributed by atoms with Crippen LogP contribution in [-0.4, -0.2) is 45.1 Å². The van der Waals surface area contributed by atoms with Crippen LogP contribution < -0.4 is 25.9 Å². The second-order valence-corrected chi connectivity index (χ2v) is 7.78. The average Bonchev–Trinajstić information content (AvgIpc) is 2.91. The molecular weight excluding hydrogens is 458 g/mol. The van der Waals surface area contributed by atoms with Crippen molar-refractivity contribution in [1.82, 2.24) is 10.8 Å². The second kappa shape index (κ2) is 12.7. The number of hydrogen-bond donors (Lipinski definition) is 3. The molecule has 3 aromatic carbocycles. The lowest BCUT2D eigenvalue weighted by atomic mass is 10.1. The zero-order chi connectivity index (χ0) is 25.9. The third-order valence-corrected chi connectivity index (χ3v) is 5.27. The highest BCUT2D eigenvalue weighted by molar-refractivity contribution is 6.05. The molecule has 4 amide bonds. The van der Waals surface area contributed by atoms with Crippen LogP contribution in [0.2, 0.25) is 0 Å². The SMILES string of the molecule is C=C(NOC)c1cccc(NC(=O)NCC(=O)N(CC(=O)N(C)c2ccccc2)c2ccccc2)c1. The fourth-order valence-electron chi connectivity index (χ4n) is 3.36. The summed E-state index contributed by atoms with van der Waals surface area (Å²) in [6.07, 6.45) is 0. The molecule has 3 aromatic rings. The van der Waals surface area contributed by atoms with E-state index < -0.39 is 11.9 Å². The molecule has 0 saturated heterocycles. The first kappa shape index (κ1) is 26.0. The Hall–Kier alpha value is -4.63. The van der Waals surface area contributed by atoms with Gasteiger partial charge in [-0.25, -0.2) is 4.79 Å². The van der Waals surface area contributed by atoms with Crippen LogP contribution >= 0.6 is 0 Å². The molecule has 9 nitrogen and oxygen atoms in total. The highest BCUT2D eigenvalue weighted by Gasteiger charge is 2.22. The molecule has 0 spiro atoms. The Morgan fingerprint density at radius 1 is 0.861 bits per heavy atom. The largest absolute Gasteiger partial charge is 0.329 e. The quantitative estimate of drug-likeness (QED) is 0.379. The molecule has 0 aliphatic carbocycles. The molecule has 186 valence electrons. The molecule has 0 unspecified atom stereocenters. The van der Waals surface area contributed by atoms with Gasteiger partial charge in [-0.15, -0.1) is 0 Å². The minimum atomic E-state index is -0.563. The monoisotopic (exact) mass is 487 g/mol. The molecule has 0 bridgehead atoms. The summed E-state index contributed by atoms with van der Waals surface area (Å²) in [6, 6.07) is 24.4. The number of para-hydroxylation sites is 2. The van der Waals surface area contributed by atoms with Crippen LogP contribution in [0.15, 0.2) is 91.5 Å². The number of hydrogen-bond acceptors (Lipinski definition) is 5. The Balaban J connectivity index is 1.64. The highest BCUT2D eigenvalue weighted by Crippen LogP contribution is 2.17. The van der Waals surface area contributed by atoms with Crippen molar-refractivity contribution in [2.24, 2.45) is 0 Å². The smallest absolute Gasteiger partial charge is 0.319 e. The van der Waals surface area contributed by atoms with Crippen LogP contribution in [-0.2, 0) is 14.4 Å². The van der Waals surface area contributed by atoms with E-state index in [2.05, 4.69) is 22.7 Å². The summed E-state index contributed by atoms with van der Waals surface area (Å²) in [5.74, 6) is -0.706. The highest BCUT2D eigenvalue weighted by atomic mass is 16.6. The van der Waals surface area contributed by atoms with Gasteiger partial charge in [-0.3, -0.25) is 19.9 Å². The summed E-state index contributed by atoms with van der Waals surface area (Å²) < 4.78 is 0. The third-order valence-electron chi connectivity index (χ3n) is 5.27. The summed E-state index contributed by atoms with van der Waals surface area (Å²) in [5.41, 5.74) is 5.67. The molecular formula is C27H29N5O4. The Morgan fingerprint density at radius 2 is 1.50 bits per heavy atom. The van der Waals surface area contributed by atoms with Crippen molar-refractivity contribution in [3.63, 3.8) is 0 Å². The molecule has 36 heavy (non-hydrogen) atoms. The average molecular weight is 488 g/mol. The van der Waals surface area contributed by atoms with Gasteiger partial charge in [0, 0.05) is 29.7 Å². The van der Waals surface area contributed by atoms with E-state index in [1.165, 1.54) is 16.9 Å². The van der Waals surface area contributed by atoms with E-state index in [-0.39, 0.29) is 19.0 Å². The van der Waals surface area contributed by atoms with Crippen molar-refractivity contribution in [2.75, 3.05) is 42.4 Å². The fraction of sp³-hybridized carbons (Fsp3) is 0.148. The molecule has 0 aliphatic heterocycles. The Morgan fingerprint density at radius 3 is 2.14 bits per heavy atom. The van der Waals surface area contributed by atoms with Crippen molar-refractivity contribution < 1.29 is 19.2 Å². The maximum atomic E-state index is 13.1. The van der Waals surface area contributed by atoms with E-state index in [1.54, 1.807) is 49.5 Å². The Kier molecular flexibility index (Phi) is 9.19. The first-order chi connectivity index (χ1) is 17.4. The number of benzene rings is 3. The number of anilines is 3. The van der Waals surface area contributed by atoms with Crippen LogP contribution in [0.25, 0.3) is 5.70 Å². The molecule has 0 atom stereocenters. The van der Waals surface area contributed by atoms with Crippen molar-refractivity contribution >= 4 is 40.6 Å². The van der Waals surface area contributed by atoms with Crippen LogP contribution in [0.4, 0.5) is 21.9 Å². The zero-order valence-electron chi connectivity index (χ0n) is 20.2. The Bertz CT molecular complexity index is 1200. The Labute approximate surface area is 210 Å². The minimum absolute atomic E-state index is 0.186. The van der Waals surface area contributed by atoms with E-state index in [0.717, 1.165) is 5.56 Å². The molecule has 0 fully saturated rings. The number of nitrogens with zero attached hydrogens (tertiary/aromatic N) is 2. The lowest BCUT2D eigenvalue weighted by Gasteiger charge is -2.25. The van der Waals surface area contributed by atoms with Gasteiger partial charge in [0.1, 0.15) is 6.54 Å². The maximum Gasteiger partial charge on any atom is 0.319 e. The van der Waals surface area contributed by atoms with Gasteiger partial charge in [0.25, 0.3) is 0 Å². The predicted molar refractivity (Wildman–Crippen MR) is 141 cm³/mol. The van der Waals surface area contributed by atoms with Gasteiger partial charge in [0.2, 0.25) is 11.8 Å². The van der Waals surface area contributed by atoms with Crippen LogP contribution in [0.1, 0.15) is 5.56 Å². The van der Waals surface area contributed by atoms with Crippen molar-refractivity contribution in [3.05, 3.63) is 97.1 Å². The molecule has 0 saturated carbocycles. The standard InChI is InChI=1S/C27H29N5O4/c1-20(30-36-3)21-11-10-12-22(17-21)29-27(35)28-18-25(33)32(24-15-8-5-9-16-24)19-26(34)31(2)23-13-6-4-7-14-23/h4-17,30H,1,18-19H2,2-3H3,(H2,28,29,35). The lowest BCUT2D eigenvalue weighted by molar-refractivity contribution is -0.121. The van der Waals surface area contributed by atoms with Crippen molar-refractivity contribution in [1.29, 1.82) is 0 Å². The van der Waals surface area contributed by atoms with E-state index in [4.69, 9.17) is 4.84 Å². The number of urea groups is 1. The van der Waals surface area contributed by atoms with Crippen LogP contribution in [0.5, 0.6) is 0 Å². The van der Waals surface area contributed by atoms with Gasteiger partial charge in [-0.1, -0.05) is 55.1 Å². The first-order valence-corrected chi connectivity index (χ1v) is 11.2. The van der Waals surface area contributed by atoms with Crippen LogP contribution in [0.3, 0.4) is 0 Å². The lowest BCUT2D eigenvalue weighted by Crippen LogP contribution is -2.46. The van der Waals surface area contributed by atoms with Gasteiger partial charge in [0.05, 0.1) is 19.4 Å². The molecule has 3 N–H and O–H groups in total. The normalized spacial score (nSPS) is 10.2. The van der Waals surface area contributed by atoms with Gasteiger partial charge in [0.15, 0.2) is 0 Å². The number of nitrogens with one attached hydrogen (secondary N) is 3. The number of carbonyl (C=O) groups excluding carboxylic acids is 3. The maximum absolute atomic E-state index is 13.1. The number of rotatable bonds is 10. The van der Waals surface area contributed by atoms with Crippen molar-refractivity contribution in [2.45, 2.75) is 0 Å². The van der Waals surface area contributed by atoms with E-state index in [1.807, 2.05) is 42.5 Å². The molecule has 0 aliphatic rings. The predicted octanol–water partition coefficient (Wildman–Crippen LogP) is 3.63. The fourth-order valence-corrected chi connectivity index (χ4v) is 3.36. The molecule has 3 rings (SSSR count). The van der Waals surface area contributed by atoms with Gasteiger partial charge < -0.3 is 20.4 Å². The number of amides is 4. The molecule has 0 radical (unpaired) electrons. The summed E-state index contributed by atoms with van der Waals surface area (Å²) in [6.45, 7) is 3.36. The molecule has 0 aromatic heterocycles. The summed E-state index contributed by atoms with van der Waals surface area (Å²) in [7, 11) is 3.13. The van der Waals surface area contributed by atoms with E-state index in [9.17, 15) is 14.4 Å². The van der Waals surface area contributed by atoms with Gasteiger partial charge in [-0.05, 0) is 36.4 Å². The number of likely N-dealkylation sites (N-methyl/N-ethyl adjacent to an activating group) is 1. The van der Waals surface area contributed by atoms with E-state index in [0.29, 0.717) is 22.8 Å². The van der Waals surface area contributed by atoms with Gasteiger partial charge in [-0.2, -0.15) is 0 Å². The van der Waals surface area contributed by atoms with Gasteiger partial charge >= 0.3 is 6.03 Å². The third kappa shape index (κ3) is 7.18. The number of hydroxylamine groups is 1. The zero-order valence-corrected chi connectivity index (χ0v) is 20.2. The summed E-state index contributed by atoms with van der Waals surface area (Å²) in [5, 5.41) is 5.25. The van der Waals surface area contributed by atoms with Crippen molar-refractivity contribution in [3.8, 4) is 0 Å². The molecule has 0 heterocycles. The van der Waals surface area contributed by atoms with Crippen LogP contribution in [0, 0.1) is 0 Å².